The fourth-order valence-corrected chi connectivity index (χ4v) is 3.34. The fourth-order valence-electron chi connectivity index (χ4n) is 2.58. The first kappa shape index (κ1) is 21.0. The topological polar surface area (TPSA) is 83.6 Å². The van der Waals surface area contributed by atoms with Gasteiger partial charge in [0.05, 0.1) is 11.8 Å². The Hall–Kier alpha value is -2.33. The van der Waals surface area contributed by atoms with Crippen LogP contribution in [0.15, 0.2) is 29.4 Å². The number of thioether (sulfide) groups is 1. The number of amides is 1. The number of hydrogen-bond donors (Lipinski definition) is 1. The molecule has 1 aromatic heterocycles. The summed E-state index contributed by atoms with van der Waals surface area (Å²) in [4.78, 5) is 12.3. The molecule has 2 rings (SSSR count). The summed E-state index contributed by atoms with van der Waals surface area (Å²) in [6, 6.07) is 10.3. The van der Waals surface area contributed by atoms with E-state index in [2.05, 4.69) is 39.1 Å². The van der Waals surface area contributed by atoms with Gasteiger partial charge in [-0.05, 0) is 32.3 Å². The number of benzene rings is 1. The van der Waals surface area contributed by atoms with E-state index in [1.807, 2.05) is 39.0 Å². The molecule has 2 aromatic rings. The number of aryl methyl sites for hydroxylation is 1. The van der Waals surface area contributed by atoms with Gasteiger partial charge in [0.1, 0.15) is 5.54 Å². The smallest absolute Gasteiger partial charge is 0.231 e. The number of nitrogens with one attached hydrogen (secondary N) is 1. The highest BCUT2D eigenvalue weighted by Gasteiger charge is 2.30. The molecule has 27 heavy (non-hydrogen) atoms. The second kappa shape index (κ2) is 9.05. The maximum absolute atomic E-state index is 12.3. The molecule has 0 spiro atoms. The molecule has 6 nitrogen and oxygen atoms in total. The van der Waals surface area contributed by atoms with Gasteiger partial charge in [0.25, 0.3) is 0 Å². The largest absolute Gasteiger partial charge is 0.337 e. The van der Waals surface area contributed by atoms with Gasteiger partial charge in [-0.15, -0.1) is 10.2 Å². The lowest BCUT2D eigenvalue weighted by atomic mass is 9.90. The molecular weight excluding hydrogens is 358 g/mol. The Balaban J connectivity index is 2.15. The molecule has 1 heterocycles. The van der Waals surface area contributed by atoms with Crippen molar-refractivity contribution in [3.63, 3.8) is 0 Å². The summed E-state index contributed by atoms with van der Waals surface area (Å²) in [6.07, 6.45) is 0.941. The van der Waals surface area contributed by atoms with Crippen LogP contribution in [0.1, 0.15) is 39.7 Å². The SMILES string of the molecule is CCCn1c(SCC(=O)N[C@](C)(C#N)C(C)C)nnc1-c1cccc(C)c1. The van der Waals surface area contributed by atoms with Gasteiger partial charge in [-0.3, -0.25) is 4.79 Å². The Morgan fingerprint density at radius 3 is 2.74 bits per heavy atom. The van der Waals surface area contributed by atoms with Gasteiger partial charge < -0.3 is 9.88 Å². The quantitative estimate of drug-likeness (QED) is 0.699. The number of hydrogen-bond acceptors (Lipinski definition) is 5. The van der Waals surface area contributed by atoms with E-state index >= 15 is 0 Å². The summed E-state index contributed by atoms with van der Waals surface area (Å²) in [7, 11) is 0. The summed E-state index contributed by atoms with van der Waals surface area (Å²) in [5, 5.41) is 21.6. The minimum Gasteiger partial charge on any atom is -0.337 e. The molecule has 0 unspecified atom stereocenters. The molecule has 0 aliphatic heterocycles. The summed E-state index contributed by atoms with van der Waals surface area (Å²) in [5.74, 6) is 0.848. The van der Waals surface area contributed by atoms with Crippen LogP contribution < -0.4 is 5.32 Å². The predicted octanol–water partition coefficient (Wildman–Crippen LogP) is 3.81. The van der Waals surface area contributed by atoms with E-state index in [9.17, 15) is 10.1 Å². The second-order valence-electron chi connectivity index (χ2n) is 7.13. The number of carbonyl (C=O) groups excluding carboxylic acids is 1. The molecule has 1 aromatic carbocycles. The minimum absolute atomic E-state index is 0.0214. The van der Waals surface area contributed by atoms with Crippen LogP contribution in [-0.4, -0.2) is 32.0 Å². The monoisotopic (exact) mass is 385 g/mol. The fraction of sp³-hybridized carbons (Fsp3) is 0.500. The first-order chi connectivity index (χ1) is 12.8. The summed E-state index contributed by atoms with van der Waals surface area (Å²) >= 11 is 1.35. The maximum atomic E-state index is 12.3. The first-order valence-corrected chi connectivity index (χ1v) is 10.1. The molecule has 0 saturated heterocycles. The van der Waals surface area contributed by atoms with Crippen molar-refractivity contribution < 1.29 is 4.79 Å². The number of carbonyl (C=O) groups is 1. The van der Waals surface area contributed by atoms with Gasteiger partial charge in [0, 0.05) is 12.1 Å². The highest BCUT2D eigenvalue weighted by atomic mass is 32.2. The molecule has 0 radical (unpaired) electrons. The zero-order valence-electron chi connectivity index (χ0n) is 16.6. The van der Waals surface area contributed by atoms with E-state index < -0.39 is 5.54 Å². The van der Waals surface area contributed by atoms with Gasteiger partial charge >= 0.3 is 0 Å². The van der Waals surface area contributed by atoms with E-state index in [1.54, 1.807) is 6.92 Å². The molecule has 0 bridgehead atoms. The maximum Gasteiger partial charge on any atom is 0.231 e. The van der Waals surface area contributed by atoms with Crippen LogP contribution in [0.25, 0.3) is 11.4 Å². The van der Waals surface area contributed by atoms with Gasteiger partial charge in [-0.1, -0.05) is 56.3 Å². The third-order valence-electron chi connectivity index (χ3n) is 4.56. The Bertz CT molecular complexity index is 839. The van der Waals surface area contributed by atoms with Crippen molar-refractivity contribution in [1.29, 1.82) is 5.26 Å². The zero-order chi connectivity index (χ0) is 20.0. The van der Waals surface area contributed by atoms with Crippen molar-refractivity contribution in [1.82, 2.24) is 20.1 Å². The Morgan fingerprint density at radius 1 is 1.41 bits per heavy atom. The minimum atomic E-state index is -0.874. The Labute approximate surface area is 165 Å². The van der Waals surface area contributed by atoms with Gasteiger partial charge in [0.15, 0.2) is 11.0 Å². The van der Waals surface area contributed by atoms with E-state index in [-0.39, 0.29) is 17.6 Å². The number of nitrogens with zero attached hydrogens (tertiary/aromatic N) is 4. The molecule has 1 N–H and O–H groups in total. The molecule has 1 amide bonds. The van der Waals surface area contributed by atoms with Crippen LogP contribution >= 0.6 is 11.8 Å². The molecule has 0 saturated carbocycles. The normalized spacial score (nSPS) is 13.2. The predicted molar refractivity (Wildman–Crippen MR) is 108 cm³/mol. The van der Waals surface area contributed by atoms with Crippen LogP contribution in [0.2, 0.25) is 0 Å². The van der Waals surface area contributed by atoms with Crippen molar-refractivity contribution in [3.8, 4) is 17.5 Å². The van der Waals surface area contributed by atoms with Crippen LogP contribution in [0.3, 0.4) is 0 Å². The number of aromatic nitrogens is 3. The van der Waals surface area contributed by atoms with Gasteiger partial charge in [-0.2, -0.15) is 5.26 Å². The van der Waals surface area contributed by atoms with Crippen LogP contribution in [0.5, 0.6) is 0 Å². The highest BCUT2D eigenvalue weighted by Crippen LogP contribution is 2.25. The molecule has 1 atom stereocenters. The van der Waals surface area contributed by atoms with Crippen molar-refractivity contribution >= 4 is 17.7 Å². The van der Waals surface area contributed by atoms with E-state index in [4.69, 9.17) is 0 Å². The lowest BCUT2D eigenvalue weighted by Gasteiger charge is -2.27. The van der Waals surface area contributed by atoms with Crippen LogP contribution in [0, 0.1) is 24.2 Å². The van der Waals surface area contributed by atoms with E-state index in [0.717, 1.165) is 29.9 Å². The third kappa shape index (κ3) is 5.10. The highest BCUT2D eigenvalue weighted by molar-refractivity contribution is 7.99. The average Bonchev–Trinajstić information content (AvgIpc) is 3.03. The third-order valence-corrected chi connectivity index (χ3v) is 5.53. The van der Waals surface area contributed by atoms with Gasteiger partial charge in [0.2, 0.25) is 5.91 Å². The van der Waals surface area contributed by atoms with E-state index in [1.165, 1.54) is 11.8 Å². The van der Waals surface area contributed by atoms with Crippen molar-refractivity contribution in [2.75, 3.05) is 5.75 Å². The lowest BCUT2D eigenvalue weighted by Crippen LogP contribution is -2.49. The molecule has 7 heteroatoms. The van der Waals surface area contributed by atoms with Gasteiger partial charge in [-0.25, -0.2) is 0 Å². The second-order valence-corrected chi connectivity index (χ2v) is 8.08. The van der Waals surface area contributed by atoms with Crippen molar-refractivity contribution in [2.24, 2.45) is 5.92 Å². The molecule has 0 aliphatic carbocycles. The number of nitriles is 1. The molecule has 0 aliphatic rings. The Morgan fingerprint density at radius 2 is 2.15 bits per heavy atom. The Kier molecular flexibility index (Phi) is 7.03. The van der Waals surface area contributed by atoms with Crippen molar-refractivity contribution in [2.45, 2.75) is 58.3 Å². The standard InChI is InChI=1S/C20H27N5OS/c1-6-10-25-18(16-9-7-8-15(4)11-16)23-24-19(25)27-12-17(26)22-20(5,13-21)14(2)3/h7-9,11,14H,6,10,12H2,1-5H3,(H,22,26)/t20-/m1/s1. The molecular formula is C20H27N5OS. The molecule has 144 valence electrons. The van der Waals surface area contributed by atoms with Crippen LogP contribution in [-0.2, 0) is 11.3 Å². The summed E-state index contributed by atoms with van der Waals surface area (Å²) in [5.41, 5.74) is 1.31. The number of rotatable bonds is 8. The van der Waals surface area contributed by atoms with Crippen LogP contribution in [0.4, 0.5) is 0 Å². The molecule has 0 fully saturated rings. The summed E-state index contributed by atoms with van der Waals surface area (Å²) in [6.45, 7) is 10.5. The first-order valence-electron chi connectivity index (χ1n) is 9.16. The van der Waals surface area contributed by atoms with Crippen molar-refractivity contribution in [3.05, 3.63) is 29.8 Å². The summed E-state index contributed by atoms with van der Waals surface area (Å²) < 4.78 is 2.05. The van der Waals surface area contributed by atoms with E-state index in [0.29, 0.717) is 5.16 Å². The average molecular weight is 386 g/mol. The zero-order valence-corrected chi connectivity index (χ0v) is 17.4. The lowest BCUT2D eigenvalue weighted by molar-refractivity contribution is -0.120.